The number of amides is 2. The number of aliphatic imine (C=N–C) groups is 2. The van der Waals surface area contributed by atoms with Gasteiger partial charge in [-0.25, -0.2) is 28.5 Å². The largest absolute Gasteiger partial charge is 0.481 e. The highest BCUT2D eigenvalue weighted by atomic mass is 19.2. The first-order chi connectivity index (χ1) is 13.9. The second-order valence-electron chi connectivity index (χ2n) is 6.58. The summed E-state index contributed by atoms with van der Waals surface area (Å²) in [6, 6.07) is 6.23. The molecule has 0 radical (unpaired) electrons. The number of aromatic nitrogens is 1. The van der Waals surface area contributed by atoms with Crippen molar-refractivity contribution >= 4 is 23.6 Å². The average Bonchev–Trinajstić information content (AvgIpc) is 3.15. The van der Waals surface area contributed by atoms with Gasteiger partial charge in [0.05, 0.1) is 31.1 Å². The number of benzene rings is 1. The molecule has 2 aliphatic rings. The lowest BCUT2D eigenvalue weighted by atomic mass is 10.1. The van der Waals surface area contributed by atoms with Crippen molar-refractivity contribution in [3.8, 4) is 5.88 Å². The maximum Gasteiger partial charge on any atom is 0.330 e. The fourth-order valence-corrected chi connectivity index (χ4v) is 3.24. The number of hydrogen-bond acceptors (Lipinski definition) is 5. The van der Waals surface area contributed by atoms with Gasteiger partial charge in [0.25, 0.3) is 0 Å². The van der Waals surface area contributed by atoms with Gasteiger partial charge in [0.1, 0.15) is 0 Å². The van der Waals surface area contributed by atoms with Gasteiger partial charge in [0.2, 0.25) is 17.8 Å². The molecule has 1 fully saturated rings. The molecule has 0 saturated carbocycles. The van der Waals surface area contributed by atoms with Crippen molar-refractivity contribution in [2.75, 3.05) is 20.7 Å². The molecule has 29 heavy (non-hydrogen) atoms. The van der Waals surface area contributed by atoms with Crippen LogP contribution in [-0.2, 0) is 0 Å². The van der Waals surface area contributed by atoms with E-state index in [4.69, 9.17) is 4.74 Å². The first kappa shape index (κ1) is 18.8. The van der Waals surface area contributed by atoms with Crippen LogP contribution in [0.5, 0.6) is 5.88 Å². The van der Waals surface area contributed by atoms with E-state index in [1.54, 1.807) is 31.0 Å². The predicted molar refractivity (Wildman–Crippen MR) is 102 cm³/mol. The Morgan fingerprint density at radius 2 is 2.03 bits per heavy atom. The number of aryl methyl sites for hydroxylation is 1. The lowest BCUT2D eigenvalue weighted by Gasteiger charge is -2.36. The Bertz CT molecular complexity index is 1050. The Labute approximate surface area is 165 Å². The standard InChI is InChI=1S/C19H18F2N6O2/c1-10-14(6-7-16(23-10)29-3)24-17-25-19(28)26(2)18-22-9-15(27(17)18)11-4-5-12(20)13(21)8-11/h4-8,15H,9H2,1-3H3,(H,24,25,28). The maximum absolute atomic E-state index is 13.8. The van der Waals surface area contributed by atoms with Crippen molar-refractivity contribution in [3.05, 3.63) is 53.2 Å². The normalized spacial score (nSPS) is 19.9. The zero-order valence-corrected chi connectivity index (χ0v) is 16.0. The molecular weight excluding hydrogens is 382 g/mol. The van der Waals surface area contributed by atoms with Gasteiger partial charge in [0, 0.05) is 13.1 Å². The third kappa shape index (κ3) is 3.26. The van der Waals surface area contributed by atoms with Gasteiger partial charge in [-0.3, -0.25) is 15.1 Å². The number of nitrogens with zero attached hydrogens (tertiary/aromatic N) is 5. The Kier molecular flexibility index (Phi) is 4.61. The molecule has 1 atom stereocenters. The molecule has 2 aliphatic heterocycles. The molecule has 1 unspecified atom stereocenters. The minimum absolute atomic E-state index is 0.231. The van der Waals surface area contributed by atoms with Gasteiger partial charge in [-0.05, 0) is 30.7 Å². The van der Waals surface area contributed by atoms with Crippen LogP contribution >= 0.6 is 0 Å². The van der Waals surface area contributed by atoms with E-state index < -0.39 is 23.7 Å². The number of carbonyl (C=O) groups is 1. The number of guanidine groups is 2. The molecule has 1 aromatic heterocycles. The lowest BCUT2D eigenvalue weighted by molar-refractivity contribution is 0.222. The van der Waals surface area contributed by atoms with Gasteiger partial charge in [0.15, 0.2) is 11.6 Å². The summed E-state index contributed by atoms with van der Waals surface area (Å²) in [7, 11) is 3.09. The number of fused-ring (bicyclic) bond motifs is 1. The van der Waals surface area contributed by atoms with E-state index in [1.807, 2.05) is 0 Å². The van der Waals surface area contributed by atoms with Crippen LogP contribution in [0.25, 0.3) is 0 Å². The summed E-state index contributed by atoms with van der Waals surface area (Å²) < 4.78 is 32.3. The van der Waals surface area contributed by atoms with E-state index in [9.17, 15) is 13.6 Å². The molecule has 2 amide bonds. The van der Waals surface area contributed by atoms with Gasteiger partial charge in [-0.15, -0.1) is 0 Å². The number of methoxy groups -OCH3 is 1. The van der Waals surface area contributed by atoms with E-state index >= 15 is 0 Å². The Balaban J connectivity index is 1.77. The quantitative estimate of drug-likeness (QED) is 0.859. The van der Waals surface area contributed by atoms with Crippen molar-refractivity contribution in [1.29, 1.82) is 0 Å². The molecule has 150 valence electrons. The molecule has 3 heterocycles. The van der Waals surface area contributed by atoms with Crippen LogP contribution in [0, 0.1) is 18.6 Å². The summed E-state index contributed by atoms with van der Waals surface area (Å²) in [5.74, 6) is -0.817. The molecule has 8 nitrogen and oxygen atoms in total. The summed E-state index contributed by atoms with van der Waals surface area (Å²) in [6.45, 7) is 2.03. The molecule has 10 heteroatoms. The van der Waals surface area contributed by atoms with Gasteiger partial charge in [-0.2, -0.15) is 0 Å². The van der Waals surface area contributed by atoms with Crippen molar-refractivity contribution < 1.29 is 18.3 Å². The fourth-order valence-electron chi connectivity index (χ4n) is 3.24. The zero-order chi connectivity index (χ0) is 20.7. The van der Waals surface area contributed by atoms with Crippen molar-refractivity contribution in [2.24, 2.45) is 9.98 Å². The van der Waals surface area contributed by atoms with Crippen LogP contribution in [0.1, 0.15) is 17.3 Å². The minimum atomic E-state index is -0.945. The first-order valence-electron chi connectivity index (χ1n) is 8.82. The maximum atomic E-state index is 13.8. The van der Waals surface area contributed by atoms with Crippen LogP contribution in [0.4, 0.5) is 19.3 Å². The molecule has 1 saturated heterocycles. The number of urea groups is 1. The highest BCUT2D eigenvalue weighted by Gasteiger charge is 2.41. The molecule has 0 spiro atoms. The summed E-state index contributed by atoms with van der Waals surface area (Å²) in [6.07, 6.45) is 0. The monoisotopic (exact) mass is 400 g/mol. The molecular formula is C19H18F2N6O2. The summed E-state index contributed by atoms with van der Waals surface area (Å²) >= 11 is 0. The number of halogens is 2. The van der Waals surface area contributed by atoms with E-state index in [1.165, 1.54) is 18.1 Å². The van der Waals surface area contributed by atoms with Gasteiger partial charge in [-0.1, -0.05) is 6.07 Å². The highest BCUT2D eigenvalue weighted by Crippen LogP contribution is 2.31. The van der Waals surface area contributed by atoms with Crippen molar-refractivity contribution in [3.63, 3.8) is 0 Å². The molecule has 1 aromatic carbocycles. The number of pyridine rings is 1. The number of ether oxygens (including phenoxy) is 1. The van der Waals surface area contributed by atoms with E-state index in [0.717, 1.165) is 12.1 Å². The topological polar surface area (TPSA) is 82.4 Å². The van der Waals surface area contributed by atoms with Crippen LogP contribution in [0.3, 0.4) is 0 Å². The van der Waals surface area contributed by atoms with Crippen LogP contribution in [0.15, 0.2) is 40.3 Å². The van der Waals surface area contributed by atoms with Gasteiger partial charge >= 0.3 is 6.03 Å². The van der Waals surface area contributed by atoms with Crippen LogP contribution in [0.2, 0.25) is 0 Å². The first-order valence-corrected chi connectivity index (χ1v) is 8.82. The summed E-state index contributed by atoms with van der Waals surface area (Å²) in [5, 5.41) is 2.72. The SMILES string of the molecule is COc1ccc(N=C2NC(=O)N(C)C3=NCC(c4ccc(F)c(F)c4)N23)c(C)n1. The smallest absolute Gasteiger partial charge is 0.330 e. The summed E-state index contributed by atoms with van der Waals surface area (Å²) in [5.41, 5.74) is 1.65. The second-order valence-corrected chi connectivity index (χ2v) is 6.58. The summed E-state index contributed by atoms with van der Waals surface area (Å²) in [4.78, 5) is 28.6. The molecule has 0 bridgehead atoms. The number of rotatable bonds is 3. The lowest BCUT2D eigenvalue weighted by Crippen LogP contribution is -2.61. The Morgan fingerprint density at radius 3 is 2.72 bits per heavy atom. The number of hydrogen-bond donors (Lipinski definition) is 1. The van der Waals surface area contributed by atoms with E-state index in [2.05, 4.69) is 20.3 Å². The molecule has 2 aromatic rings. The average molecular weight is 400 g/mol. The van der Waals surface area contributed by atoms with Crippen molar-refractivity contribution in [1.82, 2.24) is 20.1 Å². The minimum Gasteiger partial charge on any atom is -0.481 e. The molecule has 1 N–H and O–H groups in total. The van der Waals surface area contributed by atoms with Gasteiger partial charge < -0.3 is 4.74 Å². The second kappa shape index (κ2) is 7.12. The third-order valence-corrected chi connectivity index (χ3v) is 4.78. The van der Waals surface area contributed by atoms with Crippen LogP contribution < -0.4 is 10.1 Å². The molecule has 4 rings (SSSR count). The van der Waals surface area contributed by atoms with Crippen molar-refractivity contribution in [2.45, 2.75) is 13.0 Å². The van der Waals surface area contributed by atoms with Crippen LogP contribution in [-0.4, -0.2) is 53.4 Å². The Morgan fingerprint density at radius 1 is 1.24 bits per heavy atom. The molecule has 0 aliphatic carbocycles. The Hall–Kier alpha value is -3.56. The third-order valence-electron chi connectivity index (χ3n) is 4.78. The van der Waals surface area contributed by atoms with E-state index in [-0.39, 0.29) is 12.5 Å². The predicted octanol–water partition coefficient (Wildman–Crippen LogP) is 2.73. The number of nitrogens with one attached hydrogen (secondary N) is 1. The number of carbonyl (C=O) groups excluding carboxylic acids is 1. The fraction of sp³-hybridized carbons (Fsp3) is 0.263. The highest BCUT2D eigenvalue weighted by molar-refractivity contribution is 6.16. The van der Waals surface area contributed by atoms with E-state index in [0.29, 0.717) is 28.8 Å². The zero-order valence-electron chi connectivity index (χ0n) is 16.0.